The van der Waals surface area contributed by atoms with Crippen molar-refractivity contribution in [1.82, 2.24) is 9.38 Å². The quantitative estimate of drug-likeness (QED) is 0.694. The molecule has 1 atom stereocenters. The Labute approximate surface area is 75.6 Å². The topological polar surface area (TPSA) is 63.5 Å². The molecular formula is C9H11N3O. The molecule has 68 valence electrons. The molecule has 0 radical (unpaired) electrons. The number of nitrogens with zero attached hydrogens (tertiary/aromatic N) is 2. The summed E-state index contributed by atoms with van der Waals surface area (Å²) in [5, 5.41) is 9.57. The zero-order chi connectivity index (χ0) is 9.26. The minimum absolute atomic E-state index is 0.220. The standard InChI is InChI=1S/C9H11N3O/c10-4-9(13)8-3-1-2-7-5-11-6-12(7)8/h1-3,5-6,9,13H,4,10H2. The fourth-order valence-corrected chi connectivity index (χ4v) is 1.36. The van der Waals surface area contributed by atoms with Gasteiger partial charge in [0.1, 0.15) is 6.10 Å². The van der Waals surface area contributed by atoms with Gasteiger partial charge in [-0.25, -0.2) is 4.98 Å². The first-order valence-corrected chi connectivity index (χ1v) is 4.12. The molecule has 2 aromatic heterocycles. The normalized spacial score (nSPS) is 13.4. The molecule has 0 fully saturated rings. The Morgan fingerprint density at radius 3 is 3.15 bits per heavy atom. The van der Waals surface area contributed by atoms with Gasteiger partial charge < -0.3 is 15.2 Å². The smallest absolute Gasteiger partial charge is 0.106 e. The molecule has 0 saturated heterocycles. The molecule has 4 nitrogen and oxygen atoms in total. The van der Waals surface area contributed by atoms with Gasteiger partial charge >= 0.3 is 0 Å². The molecule has 0 aromatic carbocycles. The molecule has 0 saturated carbocycles. The predicted octanol–water partition coefficient (Wildman–Crippen LogP) is 0.326. The van der Waals surface area contributed by atoms with E-state index < -0.39 is 6.10 Å². The van der Waals surface area contributed by atoms with E-state index in [4.69, 9.17) is 5.73 Å². The Morgan fingerprint density at radius 2 is 2.38 bits per heavy atom. The van der Waals surface area contributed by atoms with Gasteiger partial charge in [0.15, 0.2) is 0 Å². The second kappa shape index (κ2) is 3.16. The van der Waals surface area contributed by atoms with Crippen LogP contribution in [0.15, 0.2) is 30.7 Å². The van der Waals surface area contributed by atoms with Crippen LogP contribution in [0.4, 0.5) is 0 Å². The monoisotopic (exact) mass is 177 g/mol. The average Bonchev–Trinajstić information content (AvgIpc) is 2.63. The van der Waals surface area contributed by atoms with E-state index in [9.17, 15) is 5.11 Å². The highest BCUT2D eigenvalue weighted by Gasteiger charge is 2.08. The highest BCUT2D eigenvalue weighted by atomic mass is 16.3. The molecule has 0 spiro atoms. The summed E-state index contributed by atoms with van der Waals surface area (Å²) >= 11 is 0. The van der Waals surface area contributed by atoms with Gasteiger partial charge in [-0.2, -0.15) is 0 Å². The van der Waals surface area contributed by atoms with Crippen molar-refractivity contribution in [2.24, 2.45) is 5.73 Å². The minimum atomic E-state index is -0.627. The molecule has 3 N–H and O–H groups in total. The van der Waals surface area contributed by atoms with Gasteiger partial charge in [0.2, 0.25) is 0 Å². The van der Waals surface area contributed by atoms with Crippen LogP contribution in [-0.4, -0.2) is 21.0 Å². The first-order valence-electron chi connectivity index (χ1n) is 4.12. The second-order valence-corrected chi connectivity index (χ2v) is 2.89. The summed E-state index contributed by atoms with van der Waals surface area (Å²) in [6, 6.07) is 5.65. The molecule has 0 aliphatic heterocycles. The highest BCUT2D eigenvalue weighted by molar-refractivity contribution is 5.46. The van der Waals surface area contributed by atoms with Crippen molar-refractivity contribution in [3.63, 3.8) is 0 Å². The fraction of sp³-hybridized carbons (Fsp3) is 0.222. The molecule has 4 heteroatoms. The van der Waals surface area contributed by atoms with E-state index >= 15 is 0 Å². The zero-order valence-electron chi connectivity index (χ0n) is 7.09. The van der Waals surface area contributed by atoms with Crippen LogP contribution in [0.5, 0.6) is 0 Å². The molecule has 0 aliphatic rings. The van der Waals surface area contributed by atoms with Gasteiger partial charge in [-0.05, 0) is 12.1 Å². The van der Waals surface area contributed by atoms with E-state index in [2.05, 4.69) is 4.98 Å². The van der Waals surface area contributed by atoms with Crippen LogP contribution in [-0.2, 0) is 0 Å². The number of fused-ring (bicyclic) bond motifs is 1. The summed E-state index contributed by atoms with van der Waals surface area (Å²) in [5.74, 6) is 0. The number of pyridine rings is 1. The maximum atomic E-state index is 9.57. The lowest BCUT2D eigenvalue weighted by Gasteiger charge is -2.10. The maximum Gasteiger partial charge on any atom is 0.106 e. The SMILES string of the molecule is NCC(O)c1cccc2cncn12. The van der Waals surface area contributed by atoms with Crippen LogP contribution < -0.4 is 5.73 Å². The Kier molecular flexibility index (Phi) is 2.00. The molecule has 2 aromatic rings. The van der Waals surface area contributed by atoms with E-state index in [-0.39, 0.29) is 6.54 Å². The van der Waals surface area contributed by atoms with Gasteiger partial charge in [-0.3, -0.25) is 0 Å². The van der Waals surface area contributed by atoms with Gasteiger partial charge in [0.05, 0.1) is 23.7 Å². The number of nitrogens with two attached hydrogens (primary N) is 1. The summed E-state index contributed by atoms with van der Waals surface area (Å²) in [5.41, 5.74) is 7.12. The molecule has 0 aliphatic carbocycles. The molecule has 13 heavy (non-hydrogen) atoms. The summed E-state index contributed by atoms with van der Waals surface area (Å²) in [6.07, 6.45) is 2.79. The van der Waals surface area contributed by atoms with Gasteiger partial charge in [0.25, 0.3) is 0 Å². The predicted molar refractivity (Wildman–Crippen MR) is 49.2 cm³/mol. The Morgan fingerprint density at radius 1 is 1.54 bits per heavy atom. The highest BCUT2D eigenvalue weighted by Crippen LogP contribution is 2.13. The number of hydrogen-bond donors (Lipinski definition) is 2. The van der Waals surface area contributed by atoms with Crippen LogP contribution >= 0.6 is 0 Å². The molecule has 1 unspecified atom stereocenters. The Hall–Kier alpha value is -1.39. The van der Waals surface area contributed by atoms with Crippen LogP contribution in [0, 0.1) is 0 Å². The third kappa shape index (κ3) is 1.30. The second-order valence-electron chi connectivity index (χ2n) is 2.89. The fourth-order valence-electron chi connectivity index (χ4n) is 1.36. The number of aromatic nitrogens is 2. The van der Waals surface area contributed by atoms with E-state index in [1.54, 1.807) is 12.5 Å². The van der Waals surface area contributed by atoms with Crippen LogP contribution in [0.3, 0.4) is 0 Å². The van der Waals surface area contributed by atoms with Crippen molar-refractivity contribution in [2.75, 3.05) is 6.54 Å². The Balaban J connectivity index is 2.60. The lowest BCUT2D eigenvalue weighted by molar-refractivity contribution is 0.180. The average molecular weight is 177 g/mol. The maximum absolute atomic E-state index is 9.57. The van der Waals surface area contributed by atoms with Crippen LogP contribution in [0.25, 0.3) is 5.52 Å². The van der Waals surface area contributed by atoms with E-state index in [0.29, 0.717) is 0 Å². The van der Waals surface area contributed by atoms with E-state index in [1.165, 1.54) is 0 Å². The lowest BCUT2D eigenvalue weighted by Crippen LogP contribution is -2.14. The summed E-state index contributed by atoms with van der Waals surface area (Å²) in [6.45, 7) is 0.220. The Bertz CT molecular complexity index is 410. The zero-order valence-corrected chi connectivity index (χ0v) is 7.09. The van der Waals surface area contributed by atoms with Crippen molar-refractivity contribution >= 4 is 5.52 Å². The number of imidazole rings is 1. The summed E-state index contributed by atoms with van der Waals surface area (Å²) in [4.78, 5) is 3.99. The van der Waals surface area contributed by atoms with Crippen molar-refractivity contribution in [3.8, 4) is 0 Å². The van der Waals surface area contributed by atoms with Gasteiger partial charge in [0, 0.05) is 6.54 Å². The van der Waals surface area contributed by atoms with Gasteiger partial charge in [-0.1, -0.05) is 6.07 Å². The number of hydrogen-bond acceptors (Lipinski definition) is 3. The van der Waals surface area contributed by atoms with Crippen molar-refractivity contribution in [3.05, 3.63) is 36.4 Å². The van der Waals surface area contributed by atoms with Gasteiger partial charge in [-0.15, -0.1) is 0 Å². The summed E-state index contributed by atoms with van der Waals surface area (Å²) in [7, 11) is 0. The molecule has 2 rings (SSSR count). The minimum Gasteiger partial charge on any atom is -0.386 e. The lowest BCUT2D eigenvalue weighted by atomic mass is 10.2. The van der Waals surface area contributed by atoms with Crippen LogP contribution in [0.1, 0.15) is 11.8 Å². The van der Waals surface area contributed by atoms with Crippen molar-refractivity contribution < 1.29 is 5.11 Å². The molecule has 2 heterocycles. The number of aliphatic hydroxyl groups is 1. The molecule has 0 bridgehead atoms. The third-order valence-corrected chi connectivity index (χ3v) is 2.04. The van der Waals surface area contributed by atoms with Crippen molar-refractivity contribution in [1.29, 1.82) is 0 Å². The molecule has 0 amide bonds. The largest absolute Gasteiger partial charge is 0.386 e. The first-order chi connectivity index (χ1) is 6.33. The van der Waals surface area contributed by atoms with Crippen LogP contribution in [0.2, 0.25) is 0 Å². The van der Waals surface area contributed by atoms with E-state index in [1.807, 2.05) is 22.6 Å². The van der Waals surface area contributed by atoms with Crippen molar-refractivity contribution in [2.45, 2.75) is 6.10 Å². The summed E-state index contributed by atoms with van der Waals surface area (Å²) < 4.78 is 1.83. The first kappa shape index (κ1) is 8.22. The van der Waals surface area contributed by atoms with E-state index in [0.717, 1.165) is 11.2 Å². The number of rotatable bonds is 2. The number of aliphatic hydroxyl groups excluding tert-OH is 1. The third-order valence-electron chi connectivity index (χ3n) is 2.04. The molecular weight excluding hydrogens is 166 g/mol.